The van der Waals surface area contributed by atoms with E-state index in [1.54, 1.807) is 0 Å². The van der Waals surface area contributed by atoms with Crippen LogP contribution in [-0.4, -0.2) is 32.8 Å². The lowest BCUT2D eigenvalue weighted by Gasteiger charge is -2.35. The van der Waals surface area contributed by atoms with Crippen LogP contribution in [0.1, 0.15) is 6.92 Å². The van der Waals surface area contributed by atoms with Crippen LogP contribution in [0.25, 0.3) is 0 Å². The fourth-order valence-corrected chi connectivity index (χ4v) is 3.88. The first-order chi connectivity index (χ1) is 13.4. The lowest BCUT2D eigenvalue weighted by molar-refractivity contribution is -0.202. The summed E-state index contributed by atoms with van der Waals surface area (Å²) in [6, 6.07) is 9.76. The van der Waals surface area contributed by atoms with E-state index < -0.39 is 45.0 Å². The lowest BCUT2D eigenvalue weighted by atomic mass is 10.1. The molecule has 0 aliphatic heterocycles. The Morgan fingerprint density at radius 1 is 1.10 bits per heavy atom. The highest BCUT2D eigenvalue weighted by Gasteiger charge is 2.64. The normalized spacial score (nSPS) is 14.1. The summed E-state index contributed by atoms with van der Waals surface area (Å²) in [4.78, 5) is 11.9. The van der Waals surface area contributed by atoms with Crippen LogP contribution in [0.2, 0.25) is 10.0 Å². The predicted molar refractivity (Wildman–Crippen MR) is 102 cm³/mol. The second-order valence-electron chi connectivity index (χ2n) is 5.64. The van der Waals surface area contributed by atoms with Crippen molar-refractivity contribution in [3.63, 3.8) is 0 Å². The van der Waals surface area contributed by atoms with E-state index in [1.807, 2.05) is 5.32 Å². The third-order valence-electron chi connectivity index (χ3n) is 3.60. The van der Waals surface area contributed by atoms with Crippen LogP contribution in [0.5, 0.6) is 0 Å². The Balaban J connectivity index is 2.66. The van der Waals surface area contributed by atoms with Gasteiger partial charge >= 0.3 is 12.1 Å². The monoisotopic (exact) mass is 470 g/mol. The van der Waals surface area contributed by atoms with Crippen molar-refractivity contribution in [2.24, 2.45) is 0 Å². The minimum atomic E-state index is -5.47. The summed E-state index contributed by atoms with van der Waals surface area (Å²) in [6.45, 7) is 0.839. The van der Waals surface area contributed by atoms with E-state index in [2.05, 4.69) is 4.74 Å². The topological polar surface area (TPSA) is 84.5 Å². The van der Waals surface area contributed by atoms with Crippen molar-refractivity contribution in [2.75, 3.05) is 11.9 Å². The molecule has 29 heavy (non-hydrogen) atoms. The number of nitrogens with one attached hydrogen (secondary N) is 2. The van der Waals surface area contributed by atoms with E-state index in [-0.39, 0.29) is 10.0 Å². The van der Waals surface area contributed by atoms with Gasteiger partial charge in [0.2, 0.25) is 10.0 Å². The molecule has 2 N–H and O–H groups in total. The number of carbonyl (C=O) groups is 1. The van der Waals surface area contributed by atoms with Crippen LogP contribution < -0.4 is 10.0 Å². The Morgan fingerprint density at radius 2 is 1.72 bits per heavy atom. The van der Waals surface area contributed by atoms with Gasteiger partial charge in [-0.3, -0.25) is 0 Å². The van der Waals surface area contributed by atoms with Crippen molar-refractivity contribution in [3.05, 3.63) is 58.6 Å². The highest BCUT2D eigenvalue weighted by atomic mass is 35.5. The number of sulfonamides is 1. The van der Waals surface area contributed by atoms with Crippen molar-refractivity contribution >= 4 is 44.9 Å². The average molecular weight is 471 g/mol. The number of alkyl halides is 3. The quantitative estimate of drug-likeness (QED) is 0.467. The number of carbonyl (C=O) groups excluding carboxylic acids is 1. The SMILES string of the molecule is CCOC(=O)[C@](Nc1cc(Cl)ccc1Cl)(NS(=O)(=O)c1ccccc1)C(F)(F)F. The average Bonchev–Trinajstić information content (AvgIpc) is 2.64. The Kier molecular flexibility index (Phi) is 7.05. The zero-order valence-corrected chi connectivity index (χ0v) is 17.1. The Morgan fingerprint density at radius 3 is 2.28 bits per heavy atom. The highest BCUT2D eigenvalue weighted by molar-refractivity contribution is 7.89. The second-order valence-corrected chi connectivity index (χ2v) is 8.16. The Hall–Kier alpha value is -2.01. The molecule has 0 amide bonds. The van der Waals surface area contributed by atoms with Crippen molar-refractivity contribution in [1.82, 2.24) is 4.72 Å². The maximum atomic E-state index is 14.1. The number of benzene rings is 2. The largest absolute Gasteiger partial charge is 0.463 e. The molecule has 0 saturated heterocycles. The molecular weight excluding hydrogens is 456 g/mol. The number of halogens is 5. The van der Waals surface area contributed by atoms with Gasteiger partial charge in [0.25, 0.3) is 5.66 Å². The molecule has 2 aromatic carbocycles. The molecule has 0 spiro atoms. The molecule has 2 rings (SSSR count). The Bertz CT molecular complexity index is 988. The standard InChI is InChI=1S/C17H15Cl2F3N2O4S/c1-2-28-15(25)16(17(20,21)22,23-14-10-11(18)8-9-13(14)19)24-29(26,27)12-6-4-3-5-7-12/h3-10,23-24H,2H2,1H3/t16-/m0/s1. The van der Waals surface area contributed by atoms with Gasteiger partial charge in [0, 0.05) is 5.02 Å². The third-order valence-corrected chi connectivity index (χ3v) is 5.63. The minimum Gasteiger partial charge on any atom is -0.463 e. The van der Waals surface area contributed by atoms with Crippen LogP contribution in [0.15, 0.2) is 53.4 Å². The highest BCUT2D eigenvalue weighted by Crippen LogP contribution is 2.37. The van der Waals surface area contributed by atoms with Crippen LogP contribution in [0, 0.1) is 0 Å². The van der Waals surface area contributed by atoms with Crippen LogP contribution >= 0.6 is 23.2 Å². The van der Waals surface area contributed by atoms with E-state index in [9.17, 15) is 26.4 Å². The molecule has 2 aromatic rings. The van der Waals surface area contributed by atoms with Gasteiger partial charge < -0.3 is 10.1 Å². The smallest absolute Gasteiger partial charge is 0.437 e. The van der Waals surface area contributed by atoms with E-state index in [4.69, 9.17) is 23.2 Å². The maximum absolute atomic E-state index is 14.1. The zero-order chi connectivity index (χ0) is 21.9. The van der Waals surface area contributed by atoms with Gasteiger partial charge in [0.1, 0.15) is 0 Å². The minimum absolute atomic E-state index is 0.00255. The number of anilines is 1. The summed E-state index contributed by atoms with van der Waals surface area (Å²) in [5, 5.41) is 1.62. The molecule has 0 saturated carbocycles. The van der Waals surface area contributed by atoms with Crippen LogP contribution in [-0.2, 0) is 19.6 Å². The van der Waals surface area contributed by atoms with E-state index in [0.717, 1.165) is 18.2 Å². The van der Waals surface area contributed by atoms with Gasteiger partial charge in [-0.1, -0.05) is 41.4 Å². The summed E-state index contributed by atoms with van der Waals surface area (Å²) in [5.41, 5.74) is -4.30. The Labute approximate surface area is 175 Å². The summed E-state index contributed by atoms with van der Waals surface area (Å²) in [5.74, 6) is -1.91. The van der Waals surface area contributed by atoms with Gasteiger partial charge in [-0.2, -0.15) is 17.9 Å². The van der Waals surface area contributed by atoms with Crippen LogP contribution in [0.4, 0.5) is 18.9 Å². The second kappa shape index (κ2) is 8.78. The summed E-state index contributed by atoms with van der Waals surface area (Å²) < 4.78 is 73.6. The lowest BCUT2D eigenvalue weighted by Crippen LogP contribution is -2.69. The molecule has 0 aliphatic rings. The maximum Gasteiger partial charge on any atom is 0.437 e. The predicted octanol–water partition coefficient (Wildman–Crippen LogP) is 4.21. The number of ether oxygens (including phenoxy) is 1. The van der Waals surface area contributed by atoms with Gasteiger partial charge in [-0.25, -0.2) is 13.2 Å². The van der Waals surface area contributed by atoms with Gasteiger partial charge in [0.05, 0.1) is 22.2 Å². The summed E-state index contributed by atoms with van der Waals surface area (Å²) in [7, 11) is -4.82. The number of hydrogen-bond acceptors (Lipinski definition) is 5. The van der Waals surface area contributed by atoms with E-state index in [1.165, 1.54) is 42.0 Å². The van der Waals surface area contributed by atoms with Crippen molar-refractivity contribution in [3.8, 4) is 0 Å². The van der Waals surface area contributed by atoms with E-state index in [0.29, 0.717) is 0 Å². The van der Waals surface area contributed by atoms with Gasteiger partial charge in [-0.15, -0.1) is 0 Å². The number of hydrogen-bond donors (Lipinski definition) is 2. The van der Waals surface area contributed by atoms with Gasteiger partial charge in [-0.05, 0) is 37.3 Å². The van der Waals surface area contributed by atoms with E-state index >= 15 is 0 Å². The molecule has 158 valence electrons. The molecule has 1 atom stereocenters. The molecule has 6 nitrogen and oxygen atoms in total. The molecule has 0 heterocycles. The molecule has 0 aromatic heterocycles. The molecule has 0 aliphatic carbocycles. The summed E-state index contributed by atoms with van der Waals surface area (Å²) >= 11 is 11.7. The fourth-order valence-electron chi connectivity index (χ4n) is 2.26. The first-order valence-electron chi connectivity index (χ1n) is 7.99. The summed E-state index contributed by atoms with van der Waals surface area (Å²) in [6.07, 6.45) is -5.47. The molecule has 0 fully saturated rings. The first kappa shape index (κ1) is 23.3. The van der Waals surface area contributed by atoms with Crippen molar-refractivity contribution in [1.29, 1.82) is 0 Å². The third kappa shape index (κ3) is 5.13. The molecule has 12 heteroatoms. The van der Waals surface area contributed by atoms with Gasteiger partial charge in [0.15, 0.2) is 0 Å². The number of esters is 1. The van der Waals surface area contributed by atoms with Crippen molar-refractivity contribution < 1.29 is 31.1 Å². The molecular formula is C17H15Cl2F3N2O4S. The molecule has 0 bridgehead atoms. The zero-order valence-electron chi connectivity index (χ0n) is 14.8. The first-order valence-corrected chi connectivity index (χ1v) is 10.2. The number of rotatable bonds is 7. The molecule has 0 unspecified atom stereocenters. The fraction of sp³-hybridized carbons (Fsp3) is 0.235. The molecule has 0 radical (unpaired) electrons. The van der Waals surface area contributed by atoms with Crippen LogP contribution in [0.3, 0.4) is 0 Å². The van der Waals surface area contributed by atoms with Crippen molar-refractivity contribution in [2.45, 2.75) is 23.7 Å².